The van der Waals surface area contributed by atoms with Crippen LogP contribution in [0.15, 0.2) is 107 Å². The molecule has 0 saturated carbocycles. The Morgan fingerprint density at radius 3 is 2.41 bits per heavy atom. The highest BCUT2D eigenvalue weighted by molar-refractivity contribution is 8.00. The molecule has 1 heterocycles. The van der Waals surface area contributed by atoms with Gasteiger partial charge in [0.25, 0.3) is 11.8 Å². The molecule has 0 aliphatic rings. The number of benzene rings is 3. The van der Waals surface area contributed by atoms with Gasteiger partial charge in [-0.05, 0) is 78.5 Å². The average Bonchev–Trinajstić information content (AvgIpc) is 3.51. The van der Waals surface area contributed by atoms with Crippen LogP contribution in [0.25, 0.3) is 6.08 Å². The third-order valence-electron chi connectivity index (χ3n) is 5.73. The summed E-state index contributed by atoms with van der Waals surface area (Å²) < 4.78 is 5.66. The molecular formula is C32H31N3O4S2. The molecule has 4 rings (SSSR count). The summed E-state index contributed by atoms with van der Waals surface area (Å²) in [5.41, 5.74) is 1.82. The van der Waals surface area contributed by atoms with Crippen LogP contribution < -0.4 is 20.7 Å². The van der Waals surface area contributed by atoms with Gasteiger partial charge in [-0.3, -0.25) is 14.4 Å². The van der Waals surface area contributed by atoms with Crippen LogP contribution in [-0.4, -0.2) is 30.1 Å². The molecule has 3 N–H and O–H groups in total. The predicted octanol–water partition coefficient (Wildman–Crippen LogP) is 7.07. The van der Waals surface area contributed by atoms with Crippen LogP contribution in [0.1, 0.15) is 35.0 Å². The largest absolute Gasteiger partial charge is 0.494 e. The van der Waals surface area contributed by atoms with E-state index in [4.69, 9.17) is 4.74 Å². The van der Waals surface area contributed by atoms with E-state index in [1.807, 2.05) is 53.9 Å². The highest BCUT2D eigenvalue weighted by Gasteiger charge is 2.16. The number of amides is 3. The maximum Gasteiger partial charge on any atom is 0.272 e. The second kappa shape index (κ2) is 15.4. The van der Waals surface area contributed by atoms with E-state index in [1.165, 1.54) is 23.1 Å². The molecule has 210 valence electrons. The van der Waals surface area contributed by atoms with Crippen molar-refractivity contribution < 1.29 is 19.1 Å². The first-order valence-electron chi connectivity index (χ1n) is 13.2. The lowest BCUT2D eigenvalue weighted by Gasteiger charge is -2.12. The Bertz CT molecular complexity index is 1470. The van der Waals surface area contributed by atoms with Gasteiger partial charge in [-0.15, -0.1) is 23.1 Å². The van der Waals surface area contributed by atoms with Gasteiger partial charge in [-0.25, -0.2) is 0 Å². The summed E-state index contributed by atoms with van der Waals surface area (Å²) in [4.78, 5) is 40.2. The van der Waals surface area contributed by atoms with Crippen LogP contribution in [0, 0.1) is 0 Å². The van der Waals surface area contributed by atoms with E-state index in [0.717, 1.165) is 28.4 Å². The molecule has 0 bridgehead atoms. The number of thiophene rings is 1. The van der Waals surface area contributed by atoms with Gasteiger partial charge >= 0.3 is 0 Å². The Morgan fingerprint density at radius 1 is 0.878 bits per heavy atom. The molecule has 0 spiro atoms. The smallest absolute Gasteiger partial charge is 0.272 e. The topological polar surface area (TPSA) is 96.5 Å². The van der Waals surface area contributed by atoms with E-state index in [-0.39, 0.29) is 23.3 Å². The van der Waals surface area contributed by atoms with Gasteiger partial charge in [0.2, 0.25) is 5.91 Å². The Kier molecular flexibility index (Phi) is 11.2. The predicted molar refractivity (Wildman–Crippen MR) is 167 cm³/mol. The lowest BCUT2D eigenvalue weighted by atomic mass is 10.2. The molecule has 0 radical (unpaired) electrons. The summed E-state index contributed by atoms with van der Waals surface area (Å²) in [5, 5.41) is 10.4. The molecule has 0 fully saturated rings. The molecule has 7 nitrogen and oxygen atoms in total. The monoisotopic (exact) mass is 585 g/mol. The van der Waals surface area contributed by atoms with Crippen LogP contribution >= 0.6 is 23.1 Å². The fraction of sp³-hybridized carbons (Fsp3) is 0.156. The van der Waals surface area contributed by atoms with E-state index in [1.54, 1.807) is 48.5 Å². The minimum atomic E-state index is -0.454. The van der Waals surface area contributed by atoms with Crippen molar-refractivity contribution in [2.45, 2.75) is 24.7 Å². The molecule has 9 heteroatoms. The van der Waals surface area contributed by atoms with Gasteiger partial charge in [0.15, 0.2) is 0 Å². The highest BCUT2D eigenvalue weighted by atomic mass is 32.2. The second-order valence-corrected chi connectivity index (χ2v) is 11.0. The number of ether oxygens (including phenoxy) is 1. The fourth-order valence-corrected chi connectivity index (χ4v) is 5.05. The zero-order valence-corrected chi connectivity index (χ0v) is 24.2. The van der Waals surface area contributed by atoms with E-state index in [2.05, 4.69) is 22.9 Å². The minimum absolute atomic E-state index is 0.125. The third kappa shape index (κ3) is 9.66. The average molecular weight is 586 g/mol. The number of rotatable bonds is 13. The van der Waals surface area contributed by atoms with Gasteiger partial charge < -0.3 is 20.7 Å². The standard InChI is InChI=1S/C32H31N3O4S2/c1-2-3-18-39-26-16-14-24(15-17-26)33-30(36)22-41-27-12-7-11-25(20-27)34-32(38)29(21-28-13-8-19-40-28)35-31(37)23-9-5-4-6-10-23/h4-17,19-21H,2-3,18,22H2,1H3,(H,33,36)(H,34,38)(H,35,37)/b29-21-. The number of hydrogen-bond acceptors (Lipinski definition) is 6. The SMILES string of the molecule is CCCCOc1ccc(NC(=O)CSc2cccc(NC(=O)/C(=C/c3cccs3)NC(=O)c3ccccc3)c2)cc1. The van der Waals surface area contributed by atoms with Gasteiger partial charge in [0.1, 0.15) is 11.4 Å². The van der Waals surface area contributed by atoms with E-state index < -0.39 is 5.91 Å². The van der Waals surface area contributed by atoms with Gasteiger partial charge in [0, 0.05) is 26.7 Å². The van der Waals surface area contributed by atoms with Crippen LogP contribution in [0.4, 0.5) is 11.4 Å². The zero-order chi connectivity index (χ0) is 28.9. The fourth-order valence-electron chi connectivity index (χ4n) is 3.63. The lowest BCUT2D eigenvalue weighted by Crippen LogP contribution is -2.30. The zero-order valence-electron chi connectivity index (χ0n) is 22.6. The third-order valence-corrected chi connectivity index (χ3v) is 7.54. The molecule has 0 atom stereocenters. The van der Waals surface area contributed by atoms with Gasteiger partial charge in [0.05, 0.1) is 12.4 Å². The summed E-state index contributed by atoms with van der Waals surface area (Å²) in [6.07, 6.45) is 3.72. The number of thioether (sulfide) groups is 1. The maximum absolute atomic E-state index is 13.2. The summed E-state index contributed by atoms with van der Waals surface area (Å²) in [6, 6.07) is 27.0. The second-order valence-electron chi connectivity index (χ2n) is 8.94. The van der Waals surface area contributed by atoms with Crippen molar-refractivity contribution in [2.75, 3.05) is 23.0 Å². The Morgan fingerprint density at radius 2 is 1.68 bits per heavy atom. The normalized spacial score (nSPS) is 11.0. The summed E-state index contributed by atoms with van der Waals surface area (Å²) in [7, 11) is 0. The molecule has 0 aliphatic heterocycles. The number of nitrogens with one attached hydrogen (secondary N) is 3. The molecule has 1 aromatic heterocycles. The summed E-state index contributed by atoms with van der Waals surface area (Å²) in [6.45, 7) is 2.79. The molecule has 3 amide bonds. The Hall–Kier alpha value is -4.34. The maximum atomic E-state index is 13.2. The molecule has 0 unspecified atom stereocenters. The molecule has 3 aromatic carbocycles. The number of unbranched alkanes of at least 4 members (excludes halogenated alkanes) is 1. The summed E-state index contributed by atoms with van der Waals surface area (Å²) in [5.74, 6) is -0.00293. The Labute approximate surface area is 248 Å². The van der Waals surface area contributed by atoms with E-state index >= 15 is 0 Å². The number of carbonyl (C=O) groups is 3. The van der Waals surface area contributed by atoms with Crippen molar-refractivity contribution in [3.05, 3.63) is 113 Å². The van der Waals surface area contributed by atoms with Crippen molar-refractivity contribution in [1.29, 1.82) is 0 Å². The van der Waals surface area contributed by atoms with Gasteiger partial charge in [-0.1, -0.05) is 43.7 Å². The quantitative estimate of drug-likeness (QED) is 0.0886. The number of anilines is 2. The molecular weight excluding hydrogens is 555 g/mol. The molecule has 4 aromatic rings. The first-order valence-corrected chi connectivity index (χ1v) is 15.0. The van der Waals surface area contributed by atoms with Crippen LogP contribution in [0.3, 0.4) is 0 Å². The van der Waals surface area contributed by atoms with E-state index in [0.29, 0.717) is 23.5 Å². The Balaban J connectivity index is 1.34. The van der Waals surface area contributed by atoms with Crippen molar-refractivity contribution in [3.63, 3.8) is 0 Å². The highest BCUT2D eigenvalue weighted by Crippen LogP contribution is 2.23. The van der Waals surface area contributed by atoms with Crippen molar-refractivity contribution >= 4 is 58.3 Å². The van der Waals surface area contributed by atoms with Crippen molar-refractivity contribution in [3.8, 4) is 5.75 Å². The molecule has 0 saturated heterocycles. The molecule has 0 aliphatic carbocycles. The van der Waals surface area contributed by atoms with Crippen LogP contribution in [0.5, 0.6) is 5.75 Å². The minimum Gasteiger partial charge on any atom is -0.494 e. The van der Waals surface area contributed by atoms with Crippen LogP contribution in [-0.2, 0) is 9.59 Å². The molecule has 41 heavy (non-hydrogen) atoms. The first-order chi connectivity index (χ1) is 20.0. The summed E-state index contributed by atoms with van der Waals surface area (Å²) >= 11 is 2.81. The first kappa shape index (κ1) is 29.6. The number of carbonyl (C=O) groups excluding carboxylic acids is 3. The van der Waals surface area contributed by atoms with Gasteiger partial charge in [-0.2, -0.15) is 0 Å². The number of hydrogen-bond donors (Lipinski definition) is 3. The van der Waals surface area contributed by atoms with Crippen molar-refractivity contribution in [1.82, 2.24) is 5.32 Å². The lowest BCUT2D eigenvalue weighted by molar-refractivity contribution is -0.114. The van der Waals surface area contributed by atoms with Crippen molar-refractivity contribution in [2.24, 2.45) is 0 Å². The van der Waals surface area contributed by atoms with E-state index in [9.17, 15) is 14.4 Å². The van der Waals surface area contributed by atoms with Crippen LogP contribution in [0.2, 0.25) is 0 Å².